The Bertz CT molecular complexity index is 2320. The summed E-state index contributed by atoms with van der Waals surface area (Å²) in [6, 6.07) is -1.96. The second-order valence-corrected chi connectivity index (χ2v) is 32.6. The normalized spacial score (nSPS) is 17.1. The number of hydrogen-bond acceptors (Lipinski definition) is 20. The number of amides is 4. The van der Waals surface area contributed by atoms with Gasteiger partial charge < -0.3 is 69.7 Å². The highest BCUT2D eigenvalue weighted by molar-refractivity contribution is 7.47. The summed E-state index contributed by atoms with van der Waals surface area (Å²) >= 11 is 0. The third-order valence-corrected chi connectivity index (χ3v) is 20.6. The Labute approximate surface area is 656 Å². The van der Waals surface area contributed by atoms with Gasteiger partial charge in [0.1, 0.15) is 12.2 Å². The number of allylic oxidation sites excluding steroid dienone is 4. The summed E-state index contributed by atoms with van der Waals surface area (Å²) in [4.78, 5) is 103. The number of rotatable bonds is 76. The van der Waals surface area contributed by atoms with Crippen LogP contribution in [0.2, 0.25) is 0 Å². The number of carbonyl (C=O) groups excluding carboxylic acids is 6. The average Bonchev–Trinajstić information content (AvgIpc) is 1.66. The Morgan fingerprint density at radius 1 is 0.404 bits per heavy atom. The number of aliphatic hydroxyl groups excluding tert-OH is 2. The molecular weight excluding hydrogens is 1440 g/mol. The van der Waals surface area contributed by atoms with E-state index in [1.165, 1.54) is 52.4 Å². The molecule has 0 radical (unpaired) electrons. The number of unbranched alkanes of at least 4 members (excludes halogenated alkanes) is 26. The Morgan fingerprint density at radius 3 is 1.06 bits per heavy atom. The zero-order chi connectivity index (χ0) is 80.5. The lowest BCUT2D eigenvalue weighted by molar-refractivity contribution is -0.159. The van der Waals surface area contributed by atoms with Crippen LogP contribution in [0, 0.1) is 0 Å². The summed E-state index contributed by atoms with van der Waals surface area (Å²) < 4.78 is 82.9. The van der Waals surface area contributed by atoms with Crippen LogP contribution in [-0.4, -0.2) is 176 Å². The zero-order valence-corrected chi connectivity index (χ0v) is 70.4. The summed E-state index contributed by atoms with van der Waals surface area (Å²) in [6.07, 6.45) is 39.9. The fraction of sp³-hybridized carbons (Fsp3) is 0.877. The highest BCUT2D eigenvalue weighted by Crippen LogP contribution is 2.44. The second-order valence-electron chi connectivity index (χ2n) is 29.7. The maximum Gasteiger partial charge on any atom is 0.472 e. The summed E-state index contributed by atoms with van der Waals surface area (Å²) in [5, 5.41) is 31.9. The van der Waals surface area contributed by atoms with E-state index >= 15 is 0 Å². The highest BCUT2D eigenvalue weighted by atomic mass is 31.2. The minimum Gasteiger partial charge on any atom is -0.462 e. The fourth-order valence-electron chi connectivity index (χ4n) is 12.3. The van der Waals surface area contributed by atoms with Crippen LogP contribution in [0.15, 0.2) is 24.3 Å². The molecule has 26 nitrogen and oxygen atoms in total. The molecule has 1 aliphatic heterocycles. The van der Waals surface area contributed by atoms with Crippen LogP contribution in [0.4, 0.5) is 0 Å². The van der Waals surface area contributed by atoms with Crippen LogP contribution in [0.5, 0.6) is 0 Å². The van der Waals surface area contributed by atoms with Gasteiger partial charge in [0.05, 0.1) is 76.8 Å². The fourth-order valence-corrected chi connectivity index (χ4v) is 13.8. The molecule has 0 spiro atoms. The first-order valence-corrected chi connectivity index (χ1v) is 45.3. The molecule has 28 heteroatoms. The minimum atomic E-state index is -4.87. The number of ether oxygens (including phenoxy) is 6. The van der Waals surface area contributed by atoms with Crippen LogP contribution < -0.4 is 21.3 Å². The zero-order valence-electron chi connectivity index (χ0n) is 68.6. The molecule has 1 aliphatic rings. The molecule has 1 heterocycles. The number of aliphatic hydroxyl groups is 2. The van der Waals surface area contributed by atoms with Crippen LogP contribution in [0.1, 0.15) is 338 Å². The molecule has 10 atom stereocenters. The van der Waals surface area contributed by atoms with Crippen molar-refractivity contribution in [1.82, 2.24) is 21.3 Å². The molecule has 638 valence electrons. The topological polar surface area (TPSA) is 358 Å². The van der Waals surface area contributed by atoms with Crippen molar-refractivity contribution in [3.05, 3.63) is 24.3 Å². The van der Waals surface area contributed by atoms with Crippen molar-refractivity contribution in [2.75, 3.05) is 65.9 Å². The van der Waals surface area contributed by atoms with E-state index in [2.05, 4.69) is 87.1 Å². The van der Waals surface area contributed by atoms with E-state index in [4.69, 9.17) is 46.5 Å². The third-order valence-electron chi connectivity index (χ3n) is 18.6. The number of phosphoric acid groups is 2. The van der Waals surface area contributed by atoms with E-state index in [9.17, 15) is 57.9 Å². The van der Waals surface area contributed by atoms with E-state index in [-0.39, 0.29) is 65.2 Å². The van der Waals surface area contributed by atoms with Gasteiger partial charge >= 0.3 is 27.6 Å². The number of esters is 2. The predicted octanol–water partition coefficient (Wildman–Crippen LogP) is 16.0. The van der Waals surface area contributed by atoms with E-state index in [0.29, 0.717) is 51.4 Å². The molecule has 0 saturated carbocycles. The molecular formula is C81H152N4O22P2. The lowest BCUT2D eigenvalue weighted by Crippen LogP contribution is -2.48. The lowest BCUT2D eigenvalue weighted by Gasteiger charge is -2.23. The Kier molecular flexibility index (Phi) is 64.1. The molecule has 0 aromatic heterocycles. The molecule has 109 heavy (non-hydrogen) atoms. The summed E-state index contributed by atoms with van der Waals surface area (Å²) in [5.74, 6) is -4.91. The predicted molar refractivity (Wildman–Crippen MR) is 426 cm³/mol. The van der Waals surface area contributed by atoms with E-state index in [1.807, 2.05) is 0 Å². The second kappa shape index (κ2) is 67.6. The van der Waals surface area contributed by atoms with Crippen LogP contribution in [0.25, 0.3) is 0 Å². The quantitative estimate of drug-likeness (QED) is 0.0121. The first-order chi connectivity index (χ1) is 52.4. The van der Waals surface area contributed by atoms with Crippen molar-refractivity contribution in [2.24, 2.45) is 0 Å². The monoisotopic (exact) mass is 1600 g/mol. The van der Waals surface area contributed by atoms with Gasteiger partial charge in [-0.1, -0.05) is 220 Å². The molecule has 4 unspecified atom stereocenters. The Balaban J connectivity index is 3.04. The number of hydrogen-bond donors (Lipinski definition) is 8. The molecule has 0 aliphatic carbocycles. The van der Waals surface area contributed by atoms with Crippen LogP contribution >= 0.6 is 15.6 Å². The van der Waals surface area contributed by atoms with Gasteiger partial charge in [0.15, 0.2) is 18.0 Å². The molecule has 8 N–H and O–H groups in total. The van der Waals surface area contributed by atoms with Gasteiger partial charge in [-0.2, -0.15) is 0 Å². The van der Waals surface area contributed by atoms with Gasteiger partial charge in [-0.3, -0.25) is 46.9 Å². The van der Waals surface area contributed by atoms with Crippen molar-refractivity contribution < 1.29 is 104 Å². The molecule has 1 saturated heterocycles. The van der Waals surface area contributed by atoms with Crippen molar-refractivity contribution in [2.45, 2.75) is 392 Å². The molecule has 1 rings (SSSR count). The van der Waals surface area contributed by atoms with Gasteiger partial charge in [0.25, 0.3) is 11.8 Å². The molecule has 1 fully saturated rings. The maximum absolute atomic E-state index is 13.7. The smallest absolute Gasteiger partial charge is 0.462 e. The Hall–Kier alpha value is -3.72. The van der Waals surface area contributed by atoms with Gasteiger partial charge in [-0.05, 0) is 117 Å². The van der Waals surface area contributed by atoms with E-state index < -0.39 is 132 Å². The van der Waals surface area contributed by atoms with E-state index in [1.54, 1.807) is 0 Å². The van der Waals surface area contributed by atoms with Crippen LogP contribution in [-0.2, 0) is 84.4 Å². The maximum atomic E-state index is 13.7. The standard InChI is InChI=1S/C81H152N4O22P2/c1-9-15-21-27-29-31-33-39-45-51-75(90)104-71(49-43-37-25-19-13-5)61-73(88)84-67(63-98-57-53-69(86)47-41-35-23-17-11-3)65-102-108(94,95)100-59-55-82-79(92)77-78(107-81(7,8)106-77)80(93)83-56-60-101-109(96,97)103-66-68(64-99-58-54-70(87)48-42-36-24-18-12-4)85-74(89)62-72(50-44-38-26-20-14-6)105-76(91)52-46-40-34-32-30-28-22-16-10-2/h31-34,67-72,77-78,86-87H,9-30,35-66H2,1-8H3,(H,82,92)(H,83,93)(H,84,88)(H,85,89)(H,94,95)(H,96,97)/b33-31-,34-32-/t67?,68?,69-,70-,71-,72-,77+,78+/m1/s1. The Morgan fingerprint density at radius 2 is 0.716 bits per heavy atom. The van der Waals surface area contributed by atoms with Gasteiger partial charge in [0.2, 0.25) is 11.8 Å². The number of carbonyl (C=O) groups is 6. The third kappa shape index (κ3) is 60.5. The first kappa shape index (κ1) is 103. The van der Waals surface area contributed by atoms with Crippen LogP contribution in [0.3, 0.4) is 0 Å². The highest BCUT2D eigenvalue weighted by Gasteiger charge is 2.49. The SMILES string of the molecule is CCCCCC/C=C\CCCC(=O)O[C@H](CCCCCCC)CC(=O)NC(COCC[C@H](O)CCCCCCC)COP(=O)(O)OCCNC(=O)[C@H]1OC(C)(C)O[C@@H]1C(=O)NCCOP(=O)(O)OCC(COCC[C@H](O)CCCCCCC)NC(=O)C[C@@H](CCCCCCC)OC(=O)CCC/C=C\CCCCCC. The van der Waals surface area contributed by atoms with Gasteiger partial charge in [-0.15, -0.1) is 0 Å². The molecule has 0 aromatic carbocycles. The molecule has 0 bridgehead atoms. The number of nitrogens with one attached hydrogen (secondary N) is 4. The van der Waals surface area contributed by atoms with Crippen molar-refractivity contribution >= 4 is 51.2 Å². The van der Waals surface area contributed by atoms with Gasteiger partial charge in [-0.25, -0.2) is 9.13 Å². The summed E-state index contributed by atoms with van der Waals surface area (Å²) in [6.45, 7) is 12.8. The van der Waals surface area contributed by atoms with Crippen molar-refractivity contribution in [3.63, 3.8) is 0 Å². The number of phosphoric ester groups is 2. The average molecular weight is 1600 g/mol. The summed E-state index contributed by atoms with van der Waals surface area (Å²) in [7, 11) is -9.74. The van der Waals surface area contributed by atoms with E-state index in [0.717, 1.165) is 167 Å². The molecule has 4 amide bonds. The first-order valence-electron chi connectivity index (χ1n) is 42.4. The molecule has 0 aromatic rings. The lowest BCUT2D eigenvalue weighted by atomic mass is 10.1. The van der Waals surface area contributed by atoms with Crippen molar-refractivity contribution in [1.29, 1.82) is 0 Å². The van der Waals surface area contributed by atoms with Gasteiger partial charge in [0, 0.05) is 39.1 Å². The largest absolute Gasteiger partial charge is 0.472 e. The van der Waals surface area contributed by atoms with Crippen molar-refractivity contribution in [3.8, 4) is 0 Å². The minimum absolute atomic E-state index is 0.132. The summed E-state index contributed by atoms with van der Waals surface area (Å²) in [5.41, 5.74) is 0.